The largest absolute Gasteiger partial charge is 0.480 e. The van der Waals surface area contributed by atoms with Gasteiger partial charge in [-0.15, -0.1) is 0 Å². The molecule has 0 rings (SSSR count). The molecule has 4 atom stereocenters. The smallest absolute Gasteiger partial charge is 0.326 e. The predicted octanol–water partition coefficient (Wildman–Crippen LogP) is -1.62. The first kappa shape index (κ1) is 29.1. The maximum Gasteiger partial charge on any atom is 0.326 e. The molecule has 0 aromatic heterocycles. The summed E-state index contributed by atoms with van der Waals surface area (Å²) in [6.45, 7) is 3.09. The van der Waals surface area contributed by atoms with Gasteiger partial charge in [-0.1, -0.05) is 13.8 Å². The zero-order chi connectivity index (χ0) is 24.0. The molecule has 180 valence electrons. The molecule has 31 heavy (non-hydrogen) atoms. The molecular weight excluding hydrogens is 426 g/mol. The summed E-state index contributed by atoms with van der Waals surface area (Å²) >= 11 is 1.55. The molecule has 12 heteroatoms. The van der Waals surface area contributed by atoms with E-state index in [4.69, 9.17) is 11.5 Å². The van der Waals surface area contributed by atoms with Crippen molar-refractivity contribution >= 4 is 35.5 Å². The molecule has 4 unspecified atom stereocenters. The van der Waals surface area contributed by atoms with E-state index in [2.05, 4.69) is 16.0 Å². The van der Waals surface area contributed by atoms with Crippen molar-refractivity contribution in [1.29, 1.82) is 0 Å². The second-order valence-corrected chi connectivity index (χ2v) is 8.53. The molecule has 0 radical (unpaired) electrons. The van der Waals surface area contributed by atoms with Crippen molar-refractivity contribution in [2.45, 2.75) is 63.7 Å². The highest BCUT2D eigenvalue weighted by atomic mass is 32.2. The Hall–Kier alpha value is -1.89. The van der Waals surface area contributed by atoms with Crippen molar-refractivity contribution in [2.24, 2.45) is 17.4 Å². The first-order valence-electron chi connectivity index (χ1n) is 10.3. The minimum absolute atomic E-state index is 0.170. The minimum Gasteiger partial charge on any atom is -0.480 e. The maximum absolute atomic E-state index is 12.7. The number of carbonyl (C=O) groups is 4. The van der Waals surface area contributed by atoms with E-state index in [1.807, 2.05) is 6.26 Å². The van der Waals surface area contributed by atoms with Gasteiger partial charge in [0, 0.05) is 0 Å². The molecule has 0 saturated carbocycles. The van der Waals surface area contributed by atoms with E-state index in [0.29, 0.717) is 31.6 Å². The lowest BCUT2D eigenvalue weighted by molar-refractivity contribution is -0.142. The number of aliphatic hydroxyl groups is 1. The van der Waals surface area contributed by atoms with Crippen molar-refractivity contribution in [1.82, 2.24) is 16.0 Å². The lowest BCUT2D eigenvalue weighted by Crippen LogP contribution is -2.59. The van der Waals surface area contributed by atoms with Gasteiger partial charge in [-0.05, 0) is 50.2 Å². The third kappa shape index (κ3) is 11.3. The fourth-order valence-electron chi connectivity index (χ4n) is 2.65. The summed E-state index contributed by atoms with van der Waals surface area (Å²) < 4.78 is 0. The zero-order valence-electron chi connectivity index (χ0n) is 18.4. The van der Waals surface area contributed by atoms with Crippen molar-refractivity contribution in [2.75, 3.05) is 25.2 Å². The highest BCUT2D eigenvalue weighted by Crippen LogP contribution is 2.06. The van der Waals surface area contributed by atoms with Crippen LogP contribution in [0.25, 0.3) is 0 Å². The monoisotopic (exact) mass is 463 g/mol. The summed E-state index contributed by atoms with van der Waals surface area (Å²) in [7, 11) is 0. The quantitative estimate of drug-likeness (QED) is 0.132. The molecule has 0 saturated heterocycles. The molecule has 0 aliphatic heterocycles. The molecule has 3 amide bonds. The van der Waals surface area contributed by atoms with Crippen molar-refractivity contribution < 1.29 is 29.4 Å². The number of thioether (sulfide) groups is 1. The number of nitrogens with two attached hydrogens (primary N) is 2. The maximum atomic E-state index is 12.7. The Morgan fingerprint density at radius 2 is 1.55 bits per heavy atom. The van der Waals surface area contributed by atoms with E-state index in [0.717, 1.165) is 0 Å². The first-order chi connectivity index (χ1) is 14.6. The van der Waals surface area contributed by atoms with Crippen LogP contribution in [0.1, 0.15) is 39.5 Å². The number of unbranched alkanes of at least 4 members (excludes halogenated alkanes) is 1. The molecule has 0 heterocycles. The number of amides is 3. The third-order valence-electron chi connectivity index (χ3n) is 4.59. The number of aliphatic hydroxyl groups excluding tert-OH is 1. The fourth-order valence-corrected chi connectivity index (χ4v) is 3.14. The van der Waals surface area contributed by atoms with Gasteiger partial charge in [0.2, 0.25) is 17.7 Å². The van der Waals surface area contributed by atoms with Gasteiger partial charge in [0.1, 0.15) is 18.1 Å². The van der Waals surface area contributed by atoms with Gasteiger partial charge in [0.15, 0.2) is 0 Å². The number of carboxylic acids is 1. The summed E-state index contributed by atoms with van der Waals surface area (Å²) in [4.78, 5) is 48.7. The Kier molecular flexibility index (Phi) is 14.9. The molecule has 0 aromatic rings. The number of aliphatic carboxylic acids is 1. The van der Waals surface area contributed by atoms with Crippen LogP contribution in [0.4, 0.5) is 0 Å². The molecule has 0 aliphatic rings. The van der Waals surface area contributed by atoms with Gasteiger partial charge >= 0.3 is 5.97 Å². The summed E-state index contributed by atoms with van der Waals surface area (Å²) in [5.74, 6) is -2.84. The molecule has 0 aromatic carbocycles. The van der Waals surface area contributed by atoms with Crippen LogP contribution in [0, 0.1) is 5.92 Å². The Bertz CT molecular complexity index is 592. The van der Waals surface area contributed by atoms with Crippen LogP contribution in [-0.4, -0.2) is 83.2 Å². The first-order valence-corrected chi connectivity index (χ1v) is 11.7. The van der Waals surface area contributed by atoms with E-state index >= 15 is 0 Å². The van der Waals surface area contributed by atoms with Crippen LogP contribution < -0.4 is 27.4 Å². The van der Waals surface area contributed by atoms with Crippen molar-refractivity contribution in [3.63, 3.8) is 0 Å². The normalized spacial score (nSPS) is 14.9. The number of rotatable bonds is 16. The van der Waals surface area contributed by atoms with E-state index in [-0.39, 0.29) is 12.3 Å². The molecule has 0 aliphatic carbocycles. The lowest BCUT2D eigenvalue weighted by atomic mass is 10.0. The Morgan fingerprint density at radius 3 is 2.03 bits per heavy atom. The summed E-state index contributed by atoms with van der Waals surface area (Å²) in [5.41, 5.74) is 11.2. The molecule has 9 N–H and O–H groups in total. The van der Waals surface area contributed by atoms with Gasteiger partial charge < -0.3 is 37.6 Å². The average molecular weight is 464 g/mol. The number of nitrogens with one attached hydrogen (secondary N) is 3. The number of carboxylic acid groups (broad SMARTS) is 1. The van der Waals surface area contributed by atoms with E-state index in [9.17, 15) is 29.4 Å². The molecule has 0 bridgehead atoms. The van der Waals surface area contributed by atoms with Crippen LogP contribution in [0.5, 0.6) is 0 Å². The minimum atomic E-state index is -1.37. The summed E-state index contributed by atoms with van der Waals surface area (Å²) in [5, 5.41) is 26.1. The number of carbonyl (C=O) groups excluding carboxylic acids is 3. The van der Waals surface area contributed by atoms with Crippen LogP contribution >= 0.6 is 11.8 Å². The Balaban J connectivity index is 5.05. The molecular formula is C19H37N5O6S. The highest BCUT2D eigenvalue weighted by Gasteiger charge is 2.31. The second kappa shape index (κ2) is 15.8. The SMILES string of the molecule is CSCCC(N)C(=O)NC(C(=O)NC(CO)C(=O)NC(CCCCN)C(=O)O)C(C)C. The van der Waals surface area contributed by atoms with Gasteiger partial charge in [-0.2, -0.15) is 11.8 Å². The number of hydrogen-bond donors (Lipinski definition) is 7. The molecule has 0 spiro atoms. The summed E-state index contributed by atoms with van der Waals surface area (Å²) in [6.07, 6.45) is 3.61. The van der Waals surface area contributed by atoms with E-state index in [1.165, 1.54) is 0 Å². The van der Waals surface area contributed by atoms with Crippen molar-refractivity contribution in [3.05, 3.63) is 0 Å². The Labute approximate surface area is 187 Å². The Morgan fingerprint density at radius 1 is 0.935 bits per heavy atom. The zero-order valence-corrected chi connectivity index (χ0v) is 19.2. The molecule has 11 nitrogen and oxygen atoms in total. The average Bonchev–Trinajstić information content (AvgIpc) is 2.72. The second-order valence-electron chi connectivity index (χ2n) is 7.55. The van der Waals surface area contributed by atoms with Gasteiger partial charge in [0.05, 0.1) is 12.6 Å². The molecule has 0 fully saturated rings. The van der Waals surface area contributed by atoms with Crippen LogP contribution in [0.15, 0.2) is 0 Å². The highest BCUT2D eigenvalue weighted by molar-refractivity contribution is 7.98. The topological polar surface area (TPSA) is 197 Å². The van der Waals surface area contributed by atoms with Crippen LogP contribution in [0.2, 0.25) is 0 Å². The van der Waals surface area contributed by atoms with E-state index in [1.54, 1.807) is 25.6 Å². The van der Waals surface area contributed by atoms with Gasteiger partial charge in [-0.3, -0.25) is 14.4 Å². The van der Waals surface area contributed by atoms with Gasteiger partial charge in [-0.25, -0.2) is 4.79 Å². The van der Waals surface area contributed by atoms with Crippen LogP contribution in [0.3, 0.4) is 0 Å². The van der Waals surface area contributed by atoms with E-state index < -0.39 is 54.5 Å². The lowest BCUT2D eigenvalue weighted by Gasteiger charge is -2.26. The number of hydrogen-bond acceptors (Lipinski definition) is 8. The third-order valence-corrected chi connectivity index (χ3v) is 5.24. The fraction of sp³-hybridized carbons (Fsp3) is 0.789. The predicted molar refractivity (Wildman–Crippen MR) is 119 cm³/mol. The van der Waals surface area contributed by atoms with Crippen molar-refractivity contribution in [3.8, 4) is 0 Å². The standard InChI is InChI=1S/C19H37N5O6S/c1-11(2)15(24-16(26)12(21)7-9-31-3)18(28)23-14(10-25)17(27)22-13(19(29)30)6-4-5-8-20/h11-15,25H,4-10,20-21H2,1-3H3,(H,22,27)(H,23,28)(H,24,26)(H,29,30). The summed E-state index contributed by atoms with van der Waals surface area (Å²) in [6, 6.07) is -4.29. The van der Waals surface area contributed by atoms with Crippen LogP contribution in [-0.2, 0) is 19.2 Å². The van der Waals surface area contributed by atoms with Gasteiger partial charge in [0.25, 0.3) is 0 Å².